The average Bonchev–Trinajstić information content (AvgIpc) is 2.19. The minimum Gasteiger partial charge on any atom is -0.478 e. The predicted molar refractivity (Wildman–Crippen MR) is 54.5 cm³/mol. The number of carboxylic acids is 1. The van der Waals surface area contributed by atoms with Crippen molar-refractivity contribution < 1.29 is 19.2 Å². The van der Waals surface area contributed by atoms with Crippen molar-refractivity contribution in [2.75, 3.05) is 0 Å². The van der Waals surface area contributed by atoms with E-state index in [-0.39, 0.29) is 5.56 Å². The van der Waals surface area contributed by atoms with Gasteiger partial charge in [-0.25, -0.2) is 4.79 Å². The molecule has 6 heteroatoms. The van der Waals surface area contributed by atoms with Crippen LogP contribution >= 0.6 is 0 Å². The van der Waals surface area contributed by atoms with Crippen molar-refractivity contribution in [3.63, 3.8) is 0 Å². The highest BCUT2D eigenvalue weighted by Gasteiger charge is 2.17. The smallest absolute Gasteiger partial charge is 0.328 e. The minimum atomic E-state index is -1.17. The molecule has 0 saturated carbocycles. The zero-order chi connectivity index (χ0) is 12.3. The van der Waals surface area contributed by atoms with Gasteiger partial charge in [0.2, 0.25) is 5.82 Å². The van der Waals surface area contributed by atoms with Crippen molar-refractivity contribution in [2.45, 2.75) is 6.92 Å². The van der Waals surface area contributed by atoms with E-state index in [1.54, 1.807) is 0 Å². The maximum absolute atomic E-state index is 13.4. The van der Waals surface area contributed by atoms with E-state index in [1.807, 2.05) is 0 Å². The van der Waals surface area contributed by atoms with E-state index in [0.717, 1.165) is 12.1 Å². The molecular weight excluding hydrogens is 217 g/mol. The third-order valence-electron chi connectivity index (χ3n) is 2.01. The summed E-state index contributed by atoms with van der Waals surface area (Å²) in [6.07, 6.45) is 2.03. The van der Waals surface area contributed by atoms with Gasteiger partial charge < -0.3 is 5.11 Å². The summed E-state index contributed by atoms with van der Waals surface area (Å²) in [6.45, 7) is 1.35. The molecule has 1 aromatic rings. The normalized spacial score (nSPS) is 10.6. The van der Waals surface area contributed by atoms with Crippen LogP contribution in [0.4, 0.5) is 10.1 Å². The number of hydrogen-bond donors (Lipinski definition) is 1. The monoisotopic (exact) mass is 225 g/mol. The van der Waals surface area contributed by atoms with Crippen LogP contribution in [-0.2, 0) is 4.79 Å². The Morgan fingerprint density at radius 3 is 2.69 bits per heavy atom. The number of hydrogen-bond acceptors (Lipinski definition) is 3. The SMILES string of the molecule is Cc1c(/C=C/C(=O)O)ccc([N+](=O)[O-])c1F. The lowest BCUT2D eigenvalue weighted by atomic mass is 10.1. The molecule has 0 atom stereocenters. The van der Waals surface area contributed by atoms with E-state index in [1.165, 1.54) is 19.1 Å². The van der Waals surface area contributed by atoms with Gasteiger partial charge in [0.1, 0.15) is 0 Å². The minimum absolute atomic E-state index is 0.0479. The average molecular weight is 225 g/mol. The Hall–Kier alpha value is -2.24. The molecule has 84 valence electrons. The molecule has 0 amide bonds. The van der Waals surface area contributed by atoms with Gasteiger partial charge in [-0.15, -0.1) is 0 Å². The highest BCUT2D eigenvalue weighted by Crippen LogP contribution is 2.23. The van der Waals surface area contributed by atoms with Crippen LogP contribution in [-0.4, -0.2) is 16.0 Å². The second kappa shape index (κ2) is 4.52. The van der Waals surface area contributed by atoms with Gasteiger partial charge in [-0.2, -0.15) is 4.39 Å². The summed E-state index contributed by atoms with van der Waals surface area (Å²) in [5.41, 5.74) is -0.276. The van der Waals surface area contributed by atoms with Crippen LogP contribution in [0.1, 0.15) is 11.1 Å². The van der Waals surface area contributed by atoms with Crippen LogP contribution in [0.5, 0.6) is 0 Å². The second-order valence-corrected chi connectivity index (χ2v) is 3.04. The molecule has 0 heterocycles. The van der Waals surface area contributed by atoms with Crippen LogP contribution in [0.15, 0.2) is 18.2 Å². The van der Waals surface area contributed by atoms with Gasteiger partial charge in [0.15, 0.2) is 0 Å². The van der Waals surface area contributed by atoms with Crippen LogP contribution in [0, 0.1) is 22.9 Å². The molecule has 1 rings (SSSR count). The van der Waals surface area contributed by atoms with Crippen LogP contribution in [0.25, 0.3) is 6.08 Å². The lowest BCUT2D eigenvalue weighted by Gasteiger charge is -2.02. The van der Waals surface area contributed by atoms with Crippen molar-refractivity contribution in [1.29, 1.82) is 0 Å². The molecule has 0 bridgehead atoms. The van der Waals surface area contributed by atoms with Crippen molar-refractivity contribution in [2.24, 2.45) is 0 Å². The van der Waals surface area contributed by atoms with Gasteiger partial charge in [-0.05, 0) is 30.2 Å². The summed E-state index contributed by atoms with van der Waals surface area (Å²) < 4.78 is 13.4. The molecule has 1 aromatic carbocycles. The predicted octanol–water partition coefficient (Wildman–Crippen LogP) is 2.14. The number of halogens is 1. The van der Waals surface area contributed by atoms with Crippen LogP contribution < -0.4 is 0 Å². The first kappa shape index (κ1) is 11.8. The number of nitro groups is 1. The molecule has 0 radical (unpaired) electrons. The standard InChI is InChI=1S/C10H8FNO4/c1-6-7(3-5-9(13)14)2-4-8(10(6)11)12(15)16/h2-5H,1H3,(H,13,14)/b5-3+. The van der Waals surface area contributed by atoms with Gasteiger partial charge in [0.05, 0.1) is 4.92 Å². The number of carbonyl (C=O) groups is 1. The number of nitro benzene ring substituents is 1. The fourth-order valence-corrected chi connectivity index (χ4v) is 1.17. The zero-order valence-corrected chi connectivity index (χ0v) is 8.31. The number of nitrogens with zero attached hydrogens (tertiary/aromatic N) is 1. The maximum atomic E-state index is 13.4. The summed E-state index contributed by atoms with van der Waals surface area (Å²) in [5, 5.41) is 18.8. The van der Waals surface area contributed by atoms with Gasteiger partial charge in [-0.3, -0.25) is 10.1 Å². The van der Waals surface area contributed by atoms with E-state index < -0.39 is 22.4 Å². The molecule has 16 heavy (non-hydrogen) atoms. The first-order valence-electron chi connectivity index (χ1n) is 4.28. The molecule has 0 fully saturated rings. The van der Waals surface area contributed by atoms with E-state index in [2.05, 4.69) is 0 Å². The van der Waals surface area contributed by atoms with Crippen LogP contribution in [0.2, 0.25) is 0 Å². The first-order chi connectivity index (χ1) is 7.43. The van der Waals surface area contributed by atoms with E-state index in [0.29, 0.717) is 5.56 Å². The molecule has 0 aliphatic carbocycles. The third kappa shape index (κ3) is 2.41. The summed E-state index contributed by atoms with van der Waals surface area (Å²) in [4.78, 5) is 19.8. The Labute approximate surface area is 90.0 Å². The van der Waals surface area contributed by atoms with E-state index in [4.69, 9.17) is 5.11 Å². The lowest BCUT2D eigenvalue weighted by molar-refractivity contribution is -0.387. The Kier molecular flexibility index (Phi) is 3.34. The van der Waals surface area contributed by atoms with Gasteiger partial charge in [-0.1, -0.05) is 0 Å². The molecule has 5 nitrogen and oxygen atoms in total. The topological polar surface area (TPSA) is 80.4 Å². The lowest BCUT2D eigenvalue weighted by Crippen LogP contribution is -1.97. The van der Waals surface area contributed by atoms with Crippen molar-refractivity contribution >= 4 is 17.7 Å². The number of benzene rings is 1. The van der Waals surface area contributed by atoms with Gasteiger partial charge >= 0.3 is 11.7 Å². The molecule has 0 aliphatic rings. The molecule has 0 aliphatic heterocycles. The van der Waals surface area contributed by atoms with Gasteiger partial charge in [0.25, 0.3) is 0 Å². The third-order valence-corrected chi connectivity index (χ3v) is 2.01. The van der Waals surface area contributed by atoms with Crippen molar-refractivity contribution in [1.82, 2.24) is 0 Å². The zero-order valence-electron chi connectivity index (χ0n) is 8.31. The number of rotatable bonds is 3. The molecule has 0 saturated heterocycles. The highest BCUT2D eigenvalue weighted by molar-refractivity contribution is 5.85. The second-order valence-electron chi connectivity index (χ2n) is 3.04. The Balaban J connectivity index is 3.22. The van der Waals surface area contributed by atoms with E-state index in [9.17, 15) is 19.3 Å². The molecule has 0 spiro atoms. The van der Waals surface area contributed by atoms with Crippen molar-refractivity contribution in [3.05, 3.63) is 45.3 Å². The maximum Gasteiger partial charge on any atom is 0.328 e. The molecule has 0 unspecified atom stereocenters. The van der Waals surface area contributed by atoms with E-state index >= 15 is 0 Å². The fraction of sp³-hybridized carbons (Fsp3) is 0.100. The Morgan fingerprint density at radius 1 is 1.56 bits per heavy atom. The summed E-state index contributed by atoms with van der Waals surface area (Å²) in [6, 6.07) is 2.31. The largest absolute Gasteiger partial charge is 0.478 e. The molecule has 1 N–H and O–H groups in total. The van der Waals surface area contributed by atoms with Gasteiger partial charge in [0, 0.05) is 12.1 Å². The Bertz CT molecular complexity index is 482. The highest BCUT2D eigenvalue weighted by atomic mass is 19.1. The summed E-state index contributed by atoms with van der Waals surface area (Å²) in [5.74, 6) is -2.12. The molecular formula is C10H8FNO4. The number of carboxylic acid groups (broad SMARTS) is 1. The fourth-order valence-electron chi connectivity index (χ4n) is 1.17. The number of aliphatic carboxylic acids is 1. The summed E-state index contributed by atoms with van der Waals surface area (Å²) >= 11 is 0. The molecule has 0 aromatic heterocycles. The quantitative estimate of drug-likeness (QED) is 0.485. The summed E-state index contributed by atoms with van der Waals surface area (Å²) in [7, 11) is 0. The Morgan fingerprint density at radius 2 is 2.19 bits per heavy atom. The van der Waals surface area contributed by atoms with Crippen molar-refractivity contribution in [3.8, 4) is 0 Å². The van der Waals surface area contributed by atoms with Crippen LogP contribution in [0.3, 0.4) is 0 Å². The first-order valence-corrected chi connectivity index (χ1v) is 4.28.